The van der Waals surface area contributed by atoms with E-state index in [9.17, 15) is 4.79 Å². The zero-order chi connectivity index (χ0) is 7.40. The van der Waals surface area contributed by atoms with Gasteiger partial charge in [0, 0.05) is 0 Å². The summed E-state index contributed by atoms with van der Waals surface area (Å²) in [5.74, 6) is 0.442. The Morgan fingerprint density at radius 3 is 3.30 bits per heavy atom. The minimum Gasteiger partial charge on any atom is -0.478 e. The van der Waals surface area contributed by atoms with Crippen molar-refractivity contribution in [3.8, 4) is 5.88 Å². The van der Waals surface area contributed by atoms with Crippen LogP contribution in [0.2, 0.25) is 0 Å². The van der Waals surface area contributed by atoms with Crippen LogP contribution in [0.3, 0.4) is 0 Å². The average Bonchev–Trinajstić information content (AvgIpc) is 2.36. The molecule has 0 saturated carbocycles. The van der Waals surface area contributed by atoms with Gasteiger partial charge in [-0.2, -0.15) is 5.10 Å². The van der Waals surface area contributed by atoms with Crippen molar-refractivity contribution in [2.45, 2.75) is 6.92 Å². The van der Waals surface area contributed by atoms with Gasteiger partial charge < -0.3 is 4.74 Å². The Hall–Kier alpha value is -1.32. The van der Waals surface area contributed by atoms with E-state index in [1.807, 2.05) is 6.92 Å². The van der Waals surface area contributed by atoms with Crippen LogP contribution in [0.15, 0.2) is 6.20 Å². The lowest BCUT2D eigenvalue weighted by Crippen LogP contribution is -1.93. The van der Waals surface area contributed by atoms with Crippen LogP contribution in [-0.2, 0) is 0 Å². The molecule has 0 saturated heterocycles. The van der Waals surface area contributed by atoms with Crippen LogP contribution in [0.4, 0.5) is 0 Å². The van der Waals surface area contributed by atoms with E-state index < -0.39 is 0 Å². The number of carbonyl (C=O) groups is 1. The van der Waals surface area contributed by atoms with Gasteiger partial charge in [-0.15, -0.1) is 0 Å². The molecule has 4 nitrogen and oxygen atoms in total. The second kappa shape index (κ2) is 3.00. The fourth-order valence-electron chi connectivity index (χ4n) is 0.628. The molecule has 0 amide bonds. The summed E-state index contributed by atoms with van der Waals surface area (Å²) in [5, 5.41) is 6.18. The quantitative estimate of drug-likeness (QED) is 0.626. The van der Waals surface area contributed by atoms with Gasteiger partial charge >= 0.3 is 0 Å². The number of H-pyrrole nitrogens is 1. The van der Waals surface area contributed by atoms with Gasteiger partial charge in [0.2, 0.25) is 5.88 Å². The molecule has 0 aliphatic heterocycles. The van der Waals surface area contributed by atoms with E-state index in [0.717, 1.165) is 0 Å². The van der Waals surface area contributed by atoms with Crippen molar-refractivity contribution in [3.63, 3.8) is 0 Å². The highest BCUT2D eigenvalue weighted by Crippen LogP contribution is 2.09. The van der Waals surface area contributed by atoms with Crippen LogP contribution in [-0.4, -0.2) is 23.1 Å². The molecule has 10 heavy (non-hydrogen) atoms. The van der Waals surface area contributed by atoms with Gasteiger partial charge in [0.1, 0.15) is 0 Å². The second-order valence-corrected chi connectivity index (χ2v) is 1.71. The van der Waals surface area contributed by atoms with Gasteiger partial charge in [0.25, 0.3) is 0 Å². The summed E-state index contributed by atoms with van der Waals surface area (Å²) in [5.41, 5.74) is 0.460. The maximum atomic E-state index is 10.2. The second-order valence-electron chi connectivity index (χ2n) is 1.71. The number of ether oxygens (including phenoxy) is 1. The summed E-state index contributed by atoms with van der Waals surface area (Å²) in [6.45, 7) is 2.37. The molecule has 1 aromatic heterocycles. The van der Waals surface area contributed by atoms with Crippen LogP contribution in [0, 0.1) is 0 Å². The average molecular weight is 140 g/mol. The summed E-state index contributed by atoms with van der Waals surface area (Å²) >= 11 is 0. The molecule has 1 aromatic rings. The van der Waals surface area contributed by atoms with Gasteiger partial charge in [0.05, 0.1) is 18.4 Å². The number of hydrogen-bond donors (Lipinski definition) is 1. The normalized spacial score (nSPS) is 9.30. The predicted molar refractivity (Wildman–Crippen MR) is 35.1 cm³/mol. The van der Waals surface area contributed by atoms with Gasteiger partial charge in [-0.1, -0.05) is 0 Å². The molecule has 0 aliphatic rings. The molecule has 0 bridgehead atoms. The number of rotatable bonds is 3. The topological polar surface area (TPSA) is 55.0 Å². The number of nitrogens with one attached hydrogen (secondary N) is 1. The zero-order valence-corrected chi connectivity index (χ0v) is 5.63. The molecule has 0 unspecified atom stereocenters. The number of aromatic amines is 1. The van der Waals surface area contributed by atoms with Crippen molar-refractivity contribution < 1.29 is 9.53 Å². The van der Waals surface area contributed by atoms with Gasteiger partial charge in [-0.25, -0.2) is 5.10 Å². The first kappa shape index (κ1) is 6.80. The Balaban J connectivity index is 2.79. The maximum absolute atomic E-state index is 10.2. The number of hydrogen-bond acceptors (Lipinski definition) is 3. The van der Waals surface area contributed by atoms with Crippen LogP contribution in [0.1, 0.15) is 17.3 Å². The Morgan fingerprint density at radius 2 is 2.70 bits per heavy atom. The van der Waals surface area contributed by atoms with E-state index in [4.69, 9.17) is 4.74 Å². The van der Waals surface area contributed by atoms with E-state index in [1.165, 1.54) is 6.20 Å². The predicted octanol–water partition coefficient (Wildman–Crippen LogP) is 0.621. The third-order valence-electron chi connectivity index (χ3n) is 1.05. The minimum atomic E-state index is 0.442. The number of aldehydes is 1. The Bertz CT molecular complexity index is 219. The first-order valence-electron chi connectivity index (χ1n) is 2.99. The monoisotopic (exact) mass is 140 g/mol. The summed E-state index contributed by atoms with van der Waals surface area (Å²) in [6, 6.07) is 0. The molecule has 1 rings (SSSR count). The van der Waals surface area contributed by atoms with Crippen molar-refractivity contribution in [3.05, 3.63) is 11.8 Å². The molecule has 4 heteroatoms. The van der Waals surface area contributed by atoms with Crippen LogP contribution >= 0.6 is 0 Å². The van der Waals surface area contributed by atoms with E-state index >= 15 is 0 Å². The molecular formula is C6H8N2O2. The van der Waals surface area contributed by atoms with Gasteiger partial charge in [-0.05, 0) is 6.92 Å². The third kappa shape index (κ3) is 1.15. The van der Waals surface area contributed by atoms with Crippen LogP contribution in [0.25, 0.3) is 0 Å². The summed E-state index contributed by atoms with van der Waals surface area (Å²) in [6.07, 6.45) is 2.13. The van der Waals surface area contributed by atoms with Crippen LogP contribution in [0.5, 0.6) is 5.88 Å². The lowest BCUT2D eigenvalue weighted by molar-refractivity contribution is 0.112. The highest BCUT2D eigenvalue weighted by atomic mass is 16.5. The van der Waals surface area contributed by atoms with Crippen molar-refractivity contribution in [2.75, 3.05) is 6.61 Å². The smallest absolute Gasteiger partial charge is 0.219 e. The molecule has 1 N–H and O–H groups in total. The maximum Gasteiger partial charge on any atom is 0.219 e. The fraction of sp³-hybridized carbons (Fsp3) is 0.333. The molecule has 1 heterocycles. The molecule has 0 atom stereocenters. The van der Waals surface area contributed by atoms with Gasteiger partial charge in [0.15, 0.2) is 6.29 Å². The molecule has 0 spiro atoms. The fourth-order valence-corrected chi connectivity index (χ4v) is 0.628. The number of aromatic nitrogens is 2. The SMILES string of the molecule is CCOc1[nH]ncc1C=O. The van der Waals surface area contributed by atoms with Crippen LogP contribution < -0.4 is 4.74 Å². The Kier molecular flexibility index (Phi) is 2.04. The standard InChI is InChI=1S/C6H8N2O2/c1-2-10-6-5(4-9)3-7-8-6/h3-4H,2H2,1H3,(H,7,8). The van der Waals surface area contributed by atoms with Crippen molar-refractivity contribution in [1.29, 1.82) is 0 Å². The molecule has 54 valence electrons. The highest BCUT2D eigenvalue weighted by molar-refractivity contribution is 5.77. The lowest BCUT2D eigenvalue weighted by Gasteiger charge is -1.96. The Labute approximate surface area is 58.2 Å². The largest absolute Gasteiger partial charge is 0.478 e. The molecule has 0 radical (unpaired) electrons. The van der Waals surface area contributed by atoms with E-state index in [-0.39, 0.29) is 0 Å². The van der Waals surface area contributed by atoms with Crippen molar-refractivity contribution >= 4 is 6.29 Å². The summed E-state index contributed by atoms with van der Waals surface area (Å²) < 4.78 is 5.02. The van der Waals surface area contributed by atoms with E-state index in [0.29, 0.717) is 24.3 Å². The molecule has 0 aliphatic carbocycles. The van der Waals surface area contributed by atoms with E-state index in [2.05, 4.69) is 10.2 Å². The number of nitrogens with zero attached hydrogens (tertiary/aromatic N) is 1. The minimum absolute atomic E-state index is 0.442. The zero-order valence-electron chi connectivity index (χ0n) is 5.63. The molecule has 0 fully saturated rings. The third-order valence-corrected chi connectivity index (χ3v) is 1.05. The number of carbonyl (C=O) groups excluding carboxylic acids is 1. The first-order chi connectivity index (χ1) is 4.88. The molecular weight excluding hydrogens is 132 g/mol. The summed E-state index contributed by atoms with van der Waals surface area (Å²) in [4.78, 5) is 10.2. The van der Waals surface area contributed by atoms with Gasteiger partial charge in [-0.3, -0.25) is 4.79 Å². The molecule has 0 aromatic carbocycles. The Morgan fingerprint density at radius 1 is 1.90 bits per heavy atom. The van der Waals surface area contributed by atoms with Crippen molar-refractivity contribution in [2.24, 2.45) is 0 Å². The van der Waals surface area contributed by atoms with E-state index in [1.54, 1.807) is 0 Å². The summed E-state index contributed by atoms with van der Waals surface area (Å²) in [7, 11) is 0. The van der Waals surface area contributed by atoms with Crippen molar-refractivity contribution in [1.82, 2.24) is 10.2 Å². The first-order valence-corrected chi connectivity index (χ1v) is 2.99. The highest BCUT2D eigenvalue weighted by Gasteiger charge is 2.01. The lowest BCUT2D eigenvalue weighted by atomic mass is 10.4.